The second kappa shape index (κ2) is 6.29. The lowest BCUT2D eigenvalue weighted by Crippen LogP contribution is -2.50. The Kier molecular flexibility index (Phi) is 4.96. The van der Waals surface area contributed by atoms with E-state index in [1.165, 1.54) is 6.42 Å². The molecule has 0 radical (unpaired) electrons. The van der Waals surface area contributed by atoms with Gasteiger partial charge in [-0.05, 0) is 18.8 Å². The van der Waals surface area contributed by atoms with Crippen LogP contribution in [0.3, 0.4) is 0 Å². The van der Waals surface area contributed by atoms with Crippen LogP contribution in [0.5, 0.6) is 0 Å². The Morgan fingerprint density at radius 1 is 1.28 bits per heavy atom. The standard InChI is InChI=1S/C14H26N2OS/c1-3-12(11(2)18)10-15-6-8-16(9-7-15)14(17)13-4-5-13/h11-13,18H,3-10H2,1-2H3. The van der Waals surface area contributed by atoms with E-state index in [0.29, 0.717) is 23.0 Å². The number of amides is 1. The van der Waals surface area contributed by atoms with Gasteiger partial charge in [0.25, 0.3) is 0 Å². The molecule has 2 unspecified atom stereocenters. The summed E-state index contributed by atoms with van der Waals surface area (Å²) in [4.78, 5) is 16.5. The van der Waals surface area contributed by atoms with Crippen LogP contribution in [0, 0.1) is 11.8 Å². The molecule has 2 fully saturated rings. The van der Waals surface area contributed by atoms with Crippen molar-refractivity contribution in [3.05, 3.63) is 0 Å². The van der Waals surface area contributed by atoms with Gasteiger partial charge in [0.05, 0.1) is 0 Å². The average molecular weight is 270 g/mol. The van der Waals surface area contributed by atoms with Crippen molar-refractivity contribution < 1.29 is 4.79 Å². The Labute approximate surface area is 116 Å². The first-order chi connectivity index (χ1) is 8.61. The lowest BCUT2D eigenvalue weighted by Gasteiger charge is -2.37. The molecule has 0 bridgehead atoms. The minimum absolute atomic E-state index is 0.373. The molecule has 1 aliphatic carbocycles. The minimum Gasteiger partial charge on any atom is -0.340 e. The molecule has 1 heterocycles. The molecule has 0 aromatic rings. The van der Waals surface area contributed by atoms with Crippen LogP contribution in [-0.2, 0) is 4.79 Å². The van der Waals surface area contributed by atoms with E-state index in [-0.39, 0.29) is 0 Å². The Hall–Kier alpha value is -0.220. The summed E-state index contributed by atoms with van der Waals surface area (Å²) in [6, 6.07) is 0. The summed E-state index contributed by atoms with van der Waals surface area (Å²) < 4.78 is 0. The number of rotatable bonds is 5. The van der Waals surface area contributed by atoms with E-state index in [9.17, 15) is 4.79 Å². The fraction of sp³-hybridized carbons (Fsp3) is 0.929. The fourth-order valence-electron chi connectivity index (χ4n) is 2.69. The van der Waals surface area contributed by atoms with Crippen molar-refractivity contribution in [1.82, 2.24) is 9.80 Å². The van der Waals surface area contributed by atoms with Crippen LogP contribution < -0.4 is 0 Å². The van der Waals surface area contributed by atoms with Crippen molar-refractivity contribution >= 4 is 18.5 Å². The molecular weight excluding hydrogens is 244 g/mol. The van der Waals surface area contributed by atoms with Crippen LogP contribution in [0.25, 0.3) is 0 Å². The topological polar surface area (TPSA) is 23.6 Å². The first kappa shape index (κ1) is 14.2. The first-order valence-corrected chi connectivity index (χ1v) is 7.82. The van der Waals surface area contributed by atoms with Crippen molar-refractivity contribution in [2.75, 3.05) is 32.7 Å². The van der Waals surface area contributed by atoms with Crippen LogP contribution in [-0.4, -0.2) is 53.7 Å². The zero-order valence-electron chi connectivity index (χ0n) is 11.6. The van der Waals surface area contributed by atoms with Crippen molar-refractivity contribution in [2.45, 2.75) is 38.4 Å². The summed E-state index contributed by atoms with van der Waals surface area (Å²) in [5, 5.41) is 0.459. The fourth-order valence-corrected chi connectivity index (χ4v) is 3.00. The van der Waals surface area contributed by atoms with Crippen LogP contribution >= 0.6 is 12.6 Å². The van der Waals surface area contributed by atoms with Gasteiger partial charge >= 0.3 is 0 Å². The largest absolute Gasteiger partial charge is 0.340 e. The smallest absolute Gasteiger partial charge is 0.225 e. The van der Waals surface area contributed by atoms with Crippen LogP contribution in [0.1, 0.15) is 33.1 Å². The molecule has 1 saturated heterocycles. The maximum Gasteiger partial charge on any atom is 0.225 e. The van der Waals surface area contributed by atoms with Gasteiger partial charge in [-0.3, -0.25) is 9.69 Å². The van der Waals surface area contributed by atoms with Gasteiger partial charge in [0.15, 0.2) is 0 Å². The summed E-state index contributed by atoms with van der Waals surface area (Å²) in [7, 11) is 0. The zero-order valence-corrected chi connectivity index (χ0v) is 12.5. The molecule has 2 atom stereocenters. The van der Waals surface area contributed by atoms with E-state index < -0.39 is 0 Å². The summed E-state index contributed by atoms with van der Waals surface area (Å²) in [5.74, 6) is 1.45. The average Bonchev–Trinajstić information content (AvgIpc) is 3.19. The monoisotopic (exact) mass is 270 g/mol. The van der Waals surface area contributed by atoms with E-state index in [1.54, 1.807) is 0 Å². The van der Waals surface area contributed by atoms with E-state index in [4.69, 9.17) is 0 Å². The summed E-state index contributed by atoms with van der Waals surface area (Å²) >= 11 is 4.57. The lowest BCUT2D eigenvalue weighted by molar-refractivity contribution is -0.134. The summed E-state index contributed by atoms with van der Waals surface area (Å²) in [5.41, 5.74) is 0. The third-order valence-electron chi connectivity index (χ3n) is 4.31. The molecule has 2 aliphatic rings. The number of hydrogen-bond acceptors (Lipinski definition) is 3. The van der Waals surface area contributed by atoms with Crippen LogP contribution in [0.4, 0.5) is 0 Å². The van der Waals surface area contributed by atoms with Gasteiger partial charge in [-0.25, -0.2) is 0 Å². The van der Waals surface area contributed by atoms with Crippen molar-refractivity contribution in [1.29, 1.82) is 0 Å². The predicted molar refractivity (Wildman–Crippen MR) is 78.0 cm³/mol. The van der Waals surface area contributed by atoms with Gasteiger partial charge in [0, 0.05) is 43.9 Å². The Bertz CT molecular complexity index is 284. The van der Waals surface area contributed by atoms with Crippen molar-refractivity contribution in [3.8, 4) is 0 Å². The molecule has 1 aliphatic heterocycles. The number of nitrogens with zero attached hydrogens (tertiary/aromatic N) is 2. The highest BCUT2D eigenvalue weighted by Crippen LogP contribution is 2.31. The lowest BCUT2D eigenvalue weighted by atomic mass is 10.0. The molecule has 1 amide bonds. The Balaban J connectivity index is 1.74. The number of piperazine rings is 1. The van der Waals surface area contributed by atoms with Gasteiger partial charge in [-0.2, -0.15) is 12.6 Å². The van der Waals surface area contributed by atoms with Crippen LogP contribution in [0.2, 0.25) is 0 Å². The van der Waals surface area contributed by atoms with Gasteiger partial charge < -0.3 is 4.90 Å². The van der Waals surface area contributed by atoms with Crippen LogP contribution in [0.15, 0.2) is 0 Å². The highest BCUT2D eigenvalue weighted by Gasteiger charge is 2.34. The molecule has 0 aromatic heterocycles. The maximum absolute atomic E-state index is 11.9. The molecular formula is C14H26N2OS. The van der Waals surface area contributed by atoms with Gasteiger partial charge in [-0.15, -0.1) is 0 Å². The predicted octanol–water partition coefficient (Wildman–Crippen LogP) is 1.89. The third kappa shape index (κ3) is 3.64. The second-order valence-corrected chi connectivity index (χ2v) is 6.62. The Morgan fingerprint density at radius 2 is 1.89 bits per heavy atom. The highest BCUT2D eigenvalue weighted by atomic mass is 32.1. The zero-order chi connectivity index (χ0) is 13.1. The maximum atomic E-state index is 11.9. The SMILES string of the molecule is CCC(CN1CCN(C(=O)C2CC2)CC1)C(C)S. The quantitative estimate of drug-likeness (QED) is 0.771. The molecule has 4 heteroatoms. The number of thiol groups is 1. The van der Waals surface area contributed by atoms with Gasteiger partial charge in [0.2, 0.25) is 5.91 Å². The molecule has 0 spiro atoms. The van der Waals surface area contributed by atoms with Crippen molar-refractivity contribution in [3.63, 3.8) is 0 Å². The van der Waals surface area contributed by atoms with E-state index >= 15 is 0 Å². The van der Waals surface area contributed by atoms with Crippen molar-refractivity contribution in [2.24, 2.45) is 11.8 Å². The van der Waals surface area contributed by atoms with E-state index in [1.807, 2.05) is 0 Å². The number of hydrogen-bond donors (Lipinski definition) is 1. The first-order valence-electron chi connectivity index (χ1n) is 7.31. The number of carbonyl (C=O) groups excluding carboxylic acids is 1. The second-order valence-electron chi connectivity index (χ2n) is 5.81. The van der Waals surface area contributed by atoms with E-state index in [2.05, 4.69) is 36.3 Å². The molecule has 0 aromatic carbocycles. The molecule has 0 N–H and O–H groups in total. The normalized spacial score (nSPS) is 24.9. The molecule has 3 nitrogen and oxygen atoms in total. The van der Waals surface area contributed by atoms with Gasteiger partial charge in [-0.1, -0.05) is 20.3 Å². The third-order valence-corrected chi connectivity index (χ3v) is 4.73. The summed E-state index contributed by atoms with van der Waals surface area (Å²) in [6.07, 6.45) is 3.42. The minimum atomic E-state index is 0.373. The summed E-state index contributed by atoms with van der Waals surface area (Å²) in [6.45, 7) is 9.48. The number of carbonyl (C=O) groups is 1. The van der Waals surface area contributed by atoms with E-state index in [0.717, 1.165) is 45.6 Å². The molecule has 104 valence electrons. The molecule has 2 rings (SSSR count). The molecule has 18 heavy (non-hydrogen) atoms. The Morgan fingerprint density at radius 3 is 2.33 bits per heavy atom. The highest BCUT2D eigenvalue weighted by molar-refractivity contribution is 7.80. The molecule has 1 saturated carbocycles. The van der Waals surface area contributed by atoms with Gasteiger partial charge in [0.1, 0.15) is 0 Å².